The number of aromatic hydroxyl groups is 1. The predicted molar refractivity (Wildman–Crippen MR) is 168 cm³/mol. The lowest BCUT2D eigenvalue weighted by Gasteiger charge is -2.48. The van der Waals surface area contributed by atoms with Crippen LogP contribution in [-0.4, -0.2) is 81.7 Å². The van der Waals surface area contributed by atoms with E-state index in [0.29, 0.717) is 49.3 Å². The molecule has 6 heterocycles. The zero-order chi connectivity index (χ0) is 31.6. The minimum atomic E-state index is -0.928. The third-order valence-electron chi connectivity index (χ3n) is 10.2. The van der Waals surface area contributed by atoms with Gasteiger partial charge < -0.3 is 19.5 Å². The third kappa shape index (κ3) is 4.73. The fourth-order valence-corrected chi connectivity index (χ4v) is 8.01. The number of ether oxygens (including phenoxy) is 2. The SMILES string of the molecule is CC#Cc1nc(-c2cc(O)cc3cccc(F)c23)c(F)c2nc(OC[C@@]34CCCN3C[C@H](F)C4)nc(N3CCCC4(CCO4)C3)c12. The second-order valence-electron chi connectivity index (χ2n) is 13.1. The van der Waals surface area contributed by atoms with Crippen LogP contribution in [0.5, 0.6) is 11.8 Å². The van der Waals surface area contributed by atoms with Crippen molar-refractivity contribution in [2.75, 3.05) is 44.3 Å². The van der Waals surface area contributed by atoms with Crippen LogP contribution in [0.4, 0.5) is 19.0 Å². The van der Waals surface area contributed by atoms with Gasteiger partial charge in [-0.1, -0.05) is 18.1 Å². The topological polar surface area (TPSA) is 83.8 Å². The van der Waals surface area contributed by atoms with Gasteiger partial charge in [-0.2, -0.15) is 9.97 Å². The molecule has 1 unspecified atom stereocenters. The number of pyridine rings is 1. The Balaban J connectivity index is 1.32. The molecule has 0 aliphatic carbocycles. The Morgan fingerprint density at radius 2 is 1.93 bits per heavy atom. The van der Waals surface area contributed by atoms with Gasteiger partial charge in [0.05, 0.1) is 23.1 Å². The number of alkyl halides is 1. The van der Waals surface area contributed by atoms with Crippen LogP contribution in [0.25, 0.3) is 32.9 Å². The molecule has 8 rings (SSSR count). The summed E-state index contributed by atoms with van der Waals surface area (Å²) in [4.78, 5) is 18.3. The van der Waals surface area contributed by atoms with Crippen LogP contribution >= 0.6 is 0 Å². The second-order valence-corrected chi connectivity index (χ2v) is 13.1. The van der Waals surface area contributed by atoms with E-state index in [2.05, 4.69) is 31.6 Å². The Morgan fingerprint density at radius 3 is 2.74 bits per heavy atom. The van der Waals surface area contributed by atoms with E-state index in [-0.39, 0.29) is 51.8 Å². The van der Waals surface area contributed by atoms with Gasteiger partial charge in [-0.3, -0.25) is 4.90 Å². The van der Waals surface area contributed by atoms with Crippen LogP contribution in [0.2, 0.25) is 0 Å². The summed E-state index contributed by atoms with van der Waals surface area (Å²) >= 11 is 0. The molecule has 2 aromatic heterocycles. The average Bonchev–Trinajstić information content (AvgIpc) is 3.55. The molecule has 46 heavy (non-hydrogen) atoms. The quantitative estimate of drug-likeness (QED) is 0.273. The molecular formula is C35H34F3N5O3. The number of rotatable bonds is 5. The highest BCUT2D eigenvalue weighted by molar-refractivity contribution is 6.01. The monoisotopic (exact) mass is 629 g/mol. The Labute approximate surface area is 264 Å². The minimum absolute atomic E-state index is 0.0291. The van der Waals surface area contributed by atoms with E-state index in [4.69, 9.17) is 14.5 Å². The van der Waals surface area contributed by atoms with E-state index in [0.717, 1.165) is 38.6 Å². The minimum Gasteiger partial charge on any atom is -0.508 e. The summed E-state index contributed by atoms with van der Waals surface area (Å²) in [7, 11) is 0. The van der Waals surface area contributed by atoms with Gasteiger partial charge >= 0.3 is 6.01 Å². The number of halogens is 3. The molecule has 11 heteroatoms. The Kier molecular flexibility index (Phi) is 6.99. The molecule has 0 bridgehead atoms. The van der Waals surface area contributed by atoms with Gasteiger partial charge in [0.15, 0.2) is 5.82 Å². The maximum atomic E-state index is 17.0. The fourth-order valence-electron chi connectivity index (χ4n) is 8.01. The highest BCUT2D eigenvalue weighted by atomic mass is 19.1. The number of hydrogen-bond donors (Lipinski definition) is 1. The first-order chi connectivity index (χ1) is 22.3. The maximum absolute atomic E-state index is 17.0. The summed E-state index contributed by atoms with van der Waals surface area (Å²) < 4.78 is 59.1. The first-order valence-electron chi connectivity index (χ1n) is 15.9. The van der Waals surface area contributed by atoms with Crippen LogP contribution in [-0.2, 0) is 4.74 Å². The molecule has 4 saturated heterocycles. The van der Waals surface area contributed by atoms with E-state index in [1.54, 1.807) is 13.0 Å². The number of phenols is 1. The smallest absolute Gasteiger partial charge is 0.319 e. The van der Waals surface area contributed by atoms with Gasteiger partial charge in [0.25, 0.3) is 0 Å². The molecule has 0 saturated carbocycles. The van der Waals surface area contributed by atoms with Gasteiger partial charge in [0.2, 0.25) is 0 Å². The van der Waals surface area contributed by atoms with Gasteiger partial charge in [-0.05, 0) is 68.7 Å². The van der Waals surface area contributed by atoms with Gasteiger partial charge in [-0.15, -0.1) is 0 Å². The molecule has 0 amide bonds. The van der Waals surface area contributed by atoms with Gasteiger partial charge in [-0.25, -0.2) is 18.2 Å². The van der Waals surface area contributed by atoms with E-state index >= 15 is 8.78 Å². The van der Waals surface area contributed by atoms with Crippen LogP contribution in [0.3, 0.4) is 0 Å². The molecule has 0 radical (unpaired) electrons. The highest BCUT2D eigenvalue weighted by Gasteiger charge is 2.49. The second kappa shape index (κ2) is 11.0. The molecule has 3 atom stereocenters. The fraction of sp³-hybridized carbons (Fsp3) is 0.457. The summed E-state index contributed by atoms with van der Waals surface area (Å²) in [5, 5.41) is 11.4. The number of piperidine rings is 1. The number of aromatic nitrogens is 3. The van der Waals surface area contributed by atoms with Crippen molar-refractivity contribution in [1.82, 2.24) is 19.9 Å². The van der Waals surface area contributed by atoms with Crippen LogP contribution in [0, 0.1) is 23.5 Å². The maximum Gasteiger partial charge on any atom is 0.319 e. The van der Waals surface area contributed by atoms with E-state index in [1.807, 2.05) is 0 Å². The summed E-state index contributed by atoms with van der Waals surface area (Å²) in [5.41, 5.74) is -0.698. The number of hydrogen-bond acceptors (Lipinski definition) is 8. The average molecular weight is 630 g/mol. The summed E-state index contributed by atoms with van der Waals surface area (Å²) in [6.45, 7) is 4.92. The Hall–Kier alpha value is -4.14. The zero-order valence-electron chi connectivity index (χ0n) is 25.6. The standard InChI is InChI=1S/C35H34F3N5O3/c1-2-6-26-28-31(29(38)30(39-26)24-16-23(44)15-21-7-3-8-25(37)27(21)24)40-33(45-20-34-9-4-13-43(34)18-22(36)17-34)41-32(28)42-12-5-10-35(19-42)11-14-46-35/h3,7-8,15-16,22,44H,4-5,9-14,17-20H2,1H3/t22-,34+,35?/m1/s1. The molecule has 4 aliphatic heterocycles. The highest BCUT2D eigenvalue weighted by Crippen LogP contribution is 2.43. The summed E-state index contributed by atoms with van der Waals surface area (Å²) in [6, 6.07) is 7.15. The number of phenolic OH excluding ortho intramolecular Hbond substituents is 1. The number of anilines is 1. The molecule has 4 fully saturated rings. The van der Waals surface area contributed by atoms with Crippen LogP contribution < -0.4 is 9.64 Å². The number of fused-ring (bicyclic) bond motifs is 3. The molecule has 8 nitrogen and oxygen atoms in total. The number of benzene rings is 2. The van der Waals surface area contributed by atoms with Crippen molar-refractivity contribution in [3.63, 3.8) is 0 Å². The normalized spacial score (nSPS) is 25.9. The third-order valence-corrected chi connectivity index (χ3v) is 10.2. The molecule has 1 N–H and O–H groups in total. The van der Waals surface area contributed by atoms with Gasteiger partial charge in [0, 0.05) is 43.4 Å². The van der Waals surface area contributed by atoms with E-state index in [9.17, 15) is 9.50 Å². The first kappa shape index (κ1) is 29.3. The van der Waals surface area contributed by atoms with Crippen molar-refractivity contribution in [1.29, 1.82) is 0 Å². The molecular weight excluding hydrogens is 595 g/mol. The van der Waals surface area contributed by atoms with Crippen molar-refractivity contribution in [2.24, 2.45) is 0 Å². The van der Waals surface area contributed by atoms with Crippen molar-refractivity contribution in [3.05, 3.63) is 47.7 Å². The molecule has 4 aromatic rings. The number of nitrogens with zero attached hydrogens (tertiary/aromatic N) is 5. The Bertz CT molecular complexity index is 1940. The molecule has 4 aliphatic rings. The van der Waals surface area contributed by atoms with Crippen molar-refractivity contribution >= 4 is 27.5 Å². The van der Waals surface area contributed by atoms with Crippen LogP contribution in [0.15, 0.2) is 30.3 Å². The molecule has 1 spiro atoms. The zero-order valence-corrected chi connectivity index (χ0v) is 25.6. The van der Waals surface area contributed by atoms with E-state index < -0.39 is 23.3 Å². The molecule has 238 valence electrons. The lowest BCUT2D eigenvalue weighted by atomic mass is 9.85. The van der Waals surface area contributed by atoms with Gasteiger partial charge in [0.1, 0.15) is 47.1 Å². The lowest BCUT2D eigenvalue weighted by molar-refractivity contribution is -0.151. The Morgan fingerprint density at radius 1 is 1.09 bits per heavy atom. The predicted octanol–water partition coefficient (Wildman–Crippen LogP) is 5.91. The molecule has 2 aromatic carbocycles. The largest absolute Gasteiger partial charge is 0.508 e. The van der Waals surface area contributed by atoms with Crippen LogP contribution in [0.1, 0.15) is 51.1 Å². The first-order valence-corrected chi connectivity index (χ1v) is 15.9. The van der Waals surface area contributed by atoms with Crippen molar-refractivity contribution in [3.8, 4) is 34.9 Å². The lowest BCUT2D eigenvalue weighted by Crippen LogP contribution is -2.56. The van der Waals surface area contributed by atoms with Crippen molar-refractivity contribution < 1.29 is 27.8 Å². The van der Waals surface area contributed by atoms with E-state index in [1.165, 1.54) is 24.3 Å². The summed E-state index contributed by atoms with van der Waals surface area (Å²) in [5.74, 6) is 4.78. The van der Waals surface area contributed by atoms with Crippen molar-refractivity contribution in [2.45, 2.75) is 62.8 Å². The summed E-state index contributed by atoms with van der Waals surface area (Å²) in [6.07, 6.45) is 3.90.